The lowest BCUT2D eigenvalue weighted by Crippen LogP contribution is -2.58. The first-order chi connectivity index (χ1) is 9.27. The Kier molecular flexibility index (Phi) is 4.31. The molecule has 6 nitrogen and oxygen atoms in total. The van der Waals surface area contributed by atoms with Gasteiger partial charge in [-0.3, -0.25) is 4.79 Å². The summed E-state index contributed by atoms with van der Waals surface area (Å²) in [5.74, 6) is -0.0255. The number of carbonyl (C=O) groups excluding carboxylic acids is 1. The number of nitriles is 1. The zero-order valence-corrected chi connectivity index (χ0v) is 10.9. The van der Waals surface area contributed by atoms with Crippen LogP contribution in [0.25, 0.3) is 0 Å². The molecule has 1 atom stereocenters. The summed E-state index contributed by atoms with van der Waals surface area (Å²) in [7, 11) is 0. The van der Waals surface area contributed by atoms with Crippen LogP contribution in [0.2, 0.25) is 0 Å². The number of hydrogen-bond acceptors (Lipinski definition) is 5. The number of hydrogen-bond donors (Lipinski definition) is 2. The Hall–Kier alpha value is -2.13. The largest absolute Gasteiger partial charge is 0.355 e. The molecule has 2 N–H and O–H groups in total. The maximum absolute atomic E-state index is 12.1. The molecule has 0 bridgehead atoms. The molecule has 1 saturated heterocycles. The number of pyridine rings is 1. The second-order valence-electron chi connectivity index (χ2n) is 4.29. The maximum atomic E-state index is 12.1. The van der Waals surface area contributed by atoms with E-state index >= 15 is 0 Å². The summed E-state index contributed by atoms with van der Waals surface area (Å²) in [4.78, 5) is 18.1. The second kappa shape index (κ2) is 6.16. The fourth-order valence-electron chi connectivity index (χ4n) is 2.23. The standard InChI is InChI=1S/C13H17N5O/c1-2-16-13(19)12-9-15-6-7-18(12)11-4-3-5-17-10(11)8-14/h3-5,12,15H,2,6-7,9H2,1H3,(H,16,19). The third-order valence-corrected chi connectivity index (χ3v) is 3.10. The number of anilines is 1. The van der Waals surface area contributed by atoms with E-state index in [4.69, 9.17) is 5.26 Å². The number of nitrogens with one attached hydrogen (secondary N) is 2. The molecule has 6 heteroatoms. The van der Waals surface area contributed by atoms with Gasteiger partial charge in [0.15, 0.2) is 5.69 Å². The molecule has 2 heterocycles. The van der Waals surface area contributed by atoms with Crippen molar-refractivity contribution >= 4 is 11.6 Å². The molecule has 1 aromatic heterocycles. The predicted molar refractivity (Wildman–Crippen MR) is 71.6 cm³/mol. The van der Waals surface area contributed by atoms with Crippen LogP contribution in [-0.4, -0.2) is 43.1 Å². The average molecular weight is 259 g/mol. The van der Waals surface area contributed by atoms with E-state index in [1.165, 1.54) is 0 Å². The van der Waals surface area contributed by atoms with E-state index in [1.807, 2.05) is 17.9 Å². The quantitative estimate of drug-likeness (QED) is 0.790. The summed E-state index contributed by atoms with van der Waals surface area (Å²) in [6.45, 7) is 4.54. The molecular formula is C13H17N5O. The van der Waals surface area contributed by atoms with Gasteiger partial charge in [0, 0.05) is 32.4 Å². The van der Waals surface area contributed by atoms with E-state index < -0.39 is 0 Å². The molecule has 0 spiro atoms. The molecule has 1 aliphatic heterocycles. The van der Waals surface area contributed by atoms with Gasteiger partial charge in [0.1, 0.15) is 12.1 Å². The summed E-state index contributed by atoms with van der Waals surface area (Å²) in [6.07, 6.45) is 1.59. The minimum atomic E-state index is -0.301. The number of nitrogens with zero attached hydrogens (tertiary/aromatic N) is 3. The Balaban J connectivity index is 2.29. The van der Waals surface area contributed by atoms with Crippen molar-refractivity contribution < 1.29 is 4.79 Å². The fourth-order valence-corrected chi connectivity index (χ4v) is 2.23. The Morgan fingerprint density at radius 1 is 1.74 bits per heavy atom. The molecule has 0 aliphatic carbocycles. The van der Waals surface area contributed by atoms with Crippen LogP contribution in [0.15, 0.2) is 18.3 Å². The summed E-state index contributed by atoms with van der Waals surface area (Å²) in [6, 6.07) is 5.40. The minimum absolute atomic E-state index is 0.0255. The van der Waals surface area contributed by atoms with Crippen LogP contribution in [0.4, 0.5) is 5.69 Å². The van der Waals surface area contributed by atoms with Crippen LogP contribution < -0.4 is 15.5 Å². The van der Waals surface area contributed by atoms with E-state index in [0.717, 1.165) is 12.2 Å². The lowest BCUT2D eigenvalue weighted by Gasteiger charge is -2.36. The number of carbonyl (C=O) groups is 1. The molecule has 0 aromatic carbocycles. The van der Waals surface area contributed by atoms with Gasteiger partial charge in [-0.2, -0.15) is 5.26 Å². The molecule has 0 radical (unpaired) electrons. The van der Waals surface area contributed by atoms with Crippen LogP contribution in [0.3, 0.4) is 0 Å². The first kappa shape index (κ1) is 13.3. The van der Waals surface area contributed by atoms with Gasteiger partial charge in [-0.15, -0.1) is 0 Å². The Morgan fingerprint density at radius 3 is 3.32 bits per heavy atom. The number of rotatable bonds is 3. The highest BCUT2D eigenvalue weighted by Crippen LogP contribution is 2.21. The predicted octanol–water partition coefficient (Wildman–Crippen LogP) is -0.132. The molecule has 1 unspecified atom stereocenters. The molecule has 19 heavy (non-hydrogen) atoms. The van der Waals surface area contributed by atoms with Crippen LogP contribution in [-0.2, 0) is 4.79 Å². The molecule has 100 valence electrons. The van der Waals surface area contributed by atoms with E-state index in [9.17, 15) is 4.79 Å². The third kappa shape index (κ3) is 2.83. The first-order valence-corrected chi connectivity index (χ1v) is 6.38. The third-order valence-electron chi connectivity index (χ3n) is 3.10. The lowest BCUT2D eigenvalue weighted by molar-refractivity contribution is -0.122. The Morgan fingerprint density at radius 2 is 2.58 bits per heavy atom. The minimum Gasteiger partial charge on any atom is -0.355 e. The van der Waals surface area contributed by atoms with Crippen molar-refractivity contribution in [1.82, 2.24) is 15.6 Å². The first-order valence-electron chi connectivity index (χ1n) is 6.38. The SMILES string of the molecule is CCNC(=O)C1CNCCN1c1cccnc1C#N. The molecule has 2 rings (SSSR count). The van der Waals surface area contributed by atoms with Gasteiger partial charge in [-0.1, -0.05) is 0 Å². The van der Waals surface area contributed by atoms with Crippen LogP contribution >= 0.6 is 0 Å². The number of amides is 1. The van der Waals surface area contributed by atoms with Crippen molar-refractivity contribution in [2.45, 2.75) is 13.0 Å². The van der Waals surface area contributed by atoms with E-state index in [2.05, 4.69) is 21.7 Å². The van der Waals surface area contributed by atoms with Gasteiger partial charge in [-0.25, -0.2) is 4.98 Å². The highest BCUT2D eigenvalue weighted by Gasteiger charge is 2.29. The fraction of sp³-hybridized carbons (Fsp3) is 0.462. The van der Waals surface area contributed by atoms with Gasteiger partial charge in [-0.05, 0) is 19.1 Å². The van der Waals surface area contributed by atoms with Crippen molar-refractivity contribution in [3.8, 4) is 6.07 Å². The normalized spacial score (nSPS) is 18.7. The van der Waals surface area contributed by atoms with Crippen LogP contribution in [0, 0.1) is 11.3 Å². The highest BCUT2D eigenvalue weighted by molar-refractivity contribution is 5.86. The zero-order valence-electron chi connectivity index (χ0n) is 10.9. The van der Waals surface area contributed by atoms with Gasteiger partial charge < -0.3 is 15.5 Å². The van der Waals surface area contributed by atoms with E-state index in [-0.39, 0.29) is 11.9 Å². The summed E-state index contributed by atoms with van der Waals surface area (Å²) in [5, 5.41) is 15.2. The van der Waals surface area contributed by atoms with E-state index in [0.29, 0.717) is 25.3 Å². The molecule has 1 fully saturated rings. The summed E-state index contributed by atoms with van der Waals surface area (Å²) >= 11 is 0. The van der Waals surface area contributed by atoms with Crippen molar-refractivity contribution in [3.05, 3.63) is 24.0 Å². The van der Waals surface area contributed by atoms with Crippen LogP contribution in [0.1, 0.15) is 12.6 Å². The molecular weight excluding hydrogens is 242 g/mol. The summed E-state index contributed by atoms with van der Waals surface area (Å²) in [5.41, 5.74) is 1.08. The van der Waals surface area contributed by atoms with Crippen LogP contribution in [0.5, 0.6) is 0 Å². The summed E-state index contributed by atoms with van der Waals surface area (Å²) < 4.78 is 0. The Labute approximate surface area is 112 Å². The molecule has 1 amide bonds. The second-order valence-corrected chi connectivity index (χ2v) is 4.29. The van der Waals surface area contributed by atoms with Gasteiger partial charge in [0.25, 0.3) is 0 Å². The Bertz CT molecular complexity index is 496. The monoisotopic (exact) mass is 259 g/mol. The van der Waals surface area contributed by atoms with Crippen molar-refractivity contribution in [3.63, 3.8) is 0 Å². The zero-order chi connectivity index (χ0) is 13.7. The van der Waals surface area contributed by atoms with Crippen molar-refractivity contribution in [2.24, 2.45) is 0 Å². The van der Waals surface area contributed by atoms with Crippen molar-refractivity contribution in [1.29, 1.82) is 5.26 Å². The molecule has 1 aromatic rings. The van der Waals surface area contributed by atoms with Gasteiger partial charge in [0.2, 0.25) is 5.91 Å². The van der Waals surface area contributed by atoms with Gasteiger partial charge in [0.05, 0.1) is 5.69 Å². The number of aromatic nitrogens is 1. The lowest BCUT2D eigenvalue weighted by atomic mass is 10.1. The number of piperazine rings is 1. The smallest absolute Gasteiger partial charge is 0.244 e. The highest BCUT2D eigenvalue weighted by atomic mass is 16.2. The topological polar surface area (TPSA) is 81.1 Å². The van der Waals surface area contributed by atoms with Crippen molar-refractivity contribution in [2.75, 3.05) is 31.1 Å². The van der Waals surface area contributed by atoms with Gasteiger partial charge >= 0.3 is 0 Å². The molecule has 0 saturated carbocycles. The average Bonchev–Trinajstić information content (AvgIpc) is 2.47. The number of likely N-dealkylation sites (N-methyl/N-ethyl adjacent to an activating group) is 1. The maximum Gasteiger partial charge on any atom is 0.244 e. The van der Waals surface area contributed by atoms with E-state index in [1.54, 1.807) is 12.3 Å². The molecule has 1 aliphatic rings.